The van der Waals surface area contributed by atoms with Crippen LogP contribution in [-0.2, 0) is 14.8 Å². The van der Waals surface area contributed by atoms with Crippen molar-refractivity contribution < 1.29 is 17.9 Å². The number of piperidine rings is 1. The Bertz CT molecular complexity index is 689. The fourth-order valence-corrected chi connectivity index (χ4v) is 4.85. The molecule has 1 unspecified atom stereocenters. The summed E-state index contributed by atoms with van der Waals surface area (Å²) in [5.74, 6) is 0.447. The van der Waals surface area contributed by atoms with Crippen LogP contribution in [0.25, 0.3) is 0 Å². The van der Waals surface area contributed by atoms with Crippen molar-refractivity contribution in [3.63, 3.8) is 0 Å². The highest BCUT2D eigenvalue weighted by molar-refractivity contribution is 7.89. The van der Waals surface area contributed by atoms with Crippen molar-refractivity contribution in [3.05, 3.63) is 23.2 Å². The minimum atomic E-state index is -3.62. The first kappa shape index (κ1) is 17.9. The molecule has 1 aromatic carbocycles. The lowest BCUT2D eigenvalue weighted by Gasteiger charge is -2.32. The monoisotopic (exact) mass is 374 g/mol. The summed E-state index contributed by atoms with van der Waals surface area (Å²) < 4.78 is 38.4. The molecule has 24 heavy (non-hydrogen) atoms. The van der Waals surface area contributed by atoms with Crippen molar-refractivity contribution in [2.75, 3.05) is 33.4 Å². The average Bonchev–Trinajstić information content (AvgIpc) is 2.96. The van der Waals surface area contributed by atoms with E-state index >= 15 is 0 Å². The Morgan fingerprint density at radius 3 is 2.83 bits per heavy atom. The molecule has 2 aliphatic heterocycles. The van der Waals surface area contributed by atoms with Gasteiger partial charge in [0.25, 0.3) is 0 Å². The summed E-state index contributed by atoms with van der Waals surface area (Å²) >= 11 is 6.01. The van der Waals surface area contributed by atoms with Gasteiger partial charge in [-0.15, -0.1) is 0 Å². The van der Waals surface area contributed by atoms with Gasteiger partial charge in [-0.05, 0) is 56.0 Å². The van der Waals surface area contributed by atoms with Gasteiger partial charge in [0.2, 0.25) is 10.0 Å². The molecule has 0 amide bonds. The van der Waals surface area contributed by atoms with Gasteiger partial charge in [-0.2, -0.15) is 0 Å². The topological polar surface area (TPSA) is 76.7 Å². The van der Waals surface area contributed by atoms with E-state index in [1.807, 2.05) is 0 Å². The third-order valence-corrected chi connectivity index (χ3v) is 6.60. The molecule has 0 aliphatic carbocycles. The van der Waals surface area contributed by atoms with Crippen LogP contribution >= 0.6 is 11.6 Å². The van der Waals surface area contributed by atoms with Crippen molar-refractivity contribution in [1.82, 2.24) is 10.0 Å². The molecule has 1 atom stereocenters. The number of methoxy groups -OCH3 is 1. The van der Waals surface area contributed by atoms with Gasteiger partial charge in [-0.3, -0.25) is 0 Å². The van der Waals surface area contributed by atoms with E-state index in [-0.39, 0.29) is 28.0 Å². The Balaban J connectivity index is 1.60. The molecule has 2 N–H and O–H groups in total. The predicted octanol–water partition coefficient (Wildman–Crippen LogP) is 1.79. The first-order valence-corrected chi connectivity index (χ1v) is 9.96. The maximum atomic E-state index is 12.4. The molecule has 1 spiro atoms. The van der Waals surface area contributed by atoms with Gasteiger partial charge in [0.05, 0.1) is 29.7 Å². The number of benzene rings is 1. The van der Waals surface area contributed by atoms with Gasteiger partial charge < -0.3 is 14.8 Å². The summed E-state index contributed by atoms with van der Waals surface area (Å²) in [4.78, 5) is 0.128. The lowest BCUT2D eigenvalue weighted by atomic mass is 9.77. The van der Waals surface area contributed by atoms with Gasteiger partial charge in [-0.1, -0.05) is 11.6 Å². The van der Waals surface area contributed by atoms with E-state index in [2.05, 4.69) is 10.0 Å². The Hall–Kier alpha value is -0.860. The molecule has 2 aliphatic rings. The van der Waals surface area contributed by atoms with Crippen molar-refractivity contribution in [1.29, 1.82) is 0 Å². The van der Waals surface area contributed by atoms with Crippen LogP contribution in [0.2, 0.25) is 5.02 Å². The predicted molar refractivity (Wildman–Crippen MR) is 92.1 cm³/mol. The Labute approximate surface area is 147 Å². The van der Waals surface area contributed by atoms with Crippen LogP contribution < -0.4 is 14.8 Å². The molecule has 0 aromatic heterocycles. The highest BCUT2D eigenvalue weighted by Gasteiger charge is 2.41. The molecule has 2 heterocycles. The lowest BCUT2D eigenvalue weighted by Crippen LogP contribution is -2.38. The maximum absolute atomic E-state index is 12.4. The lowest BCUT2D eigenvalue weighted by molar-refractivity contribution is 0.0888. The number of hydrogen-bond acceptors (Lipinski definition) is 5. The van der Waals surface area contributed by atoms with Crippen molar-refractivity contribution in [3.8, 4) is 5.75 Å². The van der Waals surface area contributed by atoms with Crippen LogP contribution in [0.4, 0.5) is 0 Å². The third kappa shape index (κ3) is 3.86. The number of halogens is 1. The molecule has 134 valence electrons. The molecule has 0 radical (unpaired) electrons. The molecule has 8 heteroatoms. The molecule has 2 fully saturated rings. The minimum absolute atomic E-state index is 0.0772. The molecule has 1 aromatic rings. The van der Waals surface area contributed by atoms with E-state index in [1.54, 1.807) is 6.07 Å². The van der Waals surface area contributed by atoms with Crippen LogP contribution in [0.1, 0.15) is 19.3 Å². The zero-order chi connectivity index (χ0) is 17.2. The number of nitrogens with one attached hydrogen (secondary N) is 2. The second kappa shape index (κ2) is 7.17. The largest absolute Gasteiger partial charge is 0.495 e. The van der Waals surface area contributed by atoms with Crippen molar-refractivity contribution in [2.24, 2.45) is 5.41 Å². The smallest absolute Gasteiger partial charge is 0.240 e. The maximum Gasteiger partial charge on any atom is 0.240 e. The second-order valence-electron chi connectivity index (χ2n) is 6.54. The van der Waals surface area contributed by atoms with Crippen LogP contribution in [0.15, 0.2) is 23.1 Å². The molecule has 0 bridgehead atoms. The molecule has 3 rings (SSSR count). The first-order chi connectivity index (χ1) is 11.4. The average molecular weight is 375 g/mol. The summed E-state index contributed by atoms with van der Waals surface area (Å²) in [6.07, 6.45) is 3.00. The SMILES string of the molecule is COc1ccc(S(=O)(=O)NCC2CC3(CCNCC3)CO2)cc1Cl. The molecule has 0 saturated carbocycles. The minimum Gasteiger partial charge on any atom is -0.495 e. The van der Waals surface area contributed by atoms with E-state index in [4.69, 9.17) is 21.1 Å². The van der Waals surface area contributed by atoms with Gasteiger partial charge in [0.1, 0.15) is 5.75 Å². The number of ether oxygens (including phenoxy) is 2. The summed E-state index contributed by atoms with van der Waals surface area (Å²) in [6, 6.07) is 4.43. The van der Waals surface area contributed by atoms with Gasteiger partial charge >= 0.3 is 0 Å². The van der Waals surface area contributed by atoms with Crippen LogP contribution in [-0.4, -0.2) is 47.9 Å². The van der Waals surface area contributed by atoms with E-state index in [9.17, 15) is 8.42 Å². The fraction of sp³-hybridized carbons (Fsp3) is 0.625. The second-order valence-corrected chi connectivity index (χ2v) is 8.71. The molecule has 6 nitrogen and oxygen atoms in total. The van der Waals surface area contributed by atoms with Gasteiger partial charge in [-0.25, -0.2) is 13.1 Å². The van der Waals surface area contributed by atoms with E-state index in [1.165, 1.54) is 19.2 Å². The standard InChI is InChI=1S/C16H23ClN2O4S/c1-22-15-3-2-13(8-14(15)17)24(20,21)19-10-12-9-16(11-23-12)4-6-18-7-5-16/h2-3,8,12,18-19H,4-7,9-11H2,1H3. The normalized spacial score (nSPS) is 23.5. The summed E-state index contributed by atoms with van der Waals surface area (Å²) in [7, 11) is -2.13. The van der Waals surface area contributed by atoms with Gasteiger partial charge in [0, 0.05) is 6.54 Å². The Kier molecular flexibility index (Phi) is 5.36. The van der Waals surface area contributed by atoms with E-state index in [0.29, 0.717) is 5.75 Å². The summed E-state index contributed by atoms with van der Waals surface area (Å²) in [5, 5.41) is 3.62. The number of sulfonamides is 1. The highest BCUT2D eigenvalue weighted by atomic mass is 35.5. The Morgan fingerprint density at radius 1 is 1.42 bits per heavy atom. The van der Waals surface area contributed by atoms with Crippen LogP contribution in [0.3, 0.4) is 0 Å². The zero-order valence-corrected chi connectivity index (χ0v) is 15.3. The number of hydrogen-bond donors (Lipinski definition) is 2. The fourth-order valence-electron chi connectivity index (χ4n) is 3.43. The van der Waals surface area contributed by atoms with Crippen molar-refractivity contribution in [2.45, 2.75) is 30.3 Å². The van der Waals surface area contributed by atoms with E-state index in [0.717, 1.165) is 39.0 Å². The summed E-state index contributed by atoms with van der Waals surface area (Å²) in [6.45, 7) is 3.01. The first-order valence-electron chi connectivity index (χ1n) is 8.10. The van der Waals surface area contributed by atoms with E-state index < -0.39 is 10.0 Å². The van der Waals surface area contributed by atoms with Gasteiger partial charge in [0.15, 0.2) is 0 Å². The highest BCUT2D eigenvalue weighted by Crippen LogP contribution is 2.40. The third-order valence-electron chi connectivity index (χ3n) is 4.88. The summed E-state index contributed by atoms with van der Waals surface area (Å²) in [5.41, 5.74) is 0.213. The quantitative estimate of drug-likeness (QED) is 0.821. The Morgan fingerprint density at radius 2 is 2.17 bits per heavy atom. The van der Waals surface area contributed by atoms with Crippen molar-refractivity contribution >= 4 is 21.6 Å². The number of rotatable bonds is 5. The van der Waals surface area contributed by atoms with Crippen LogP contribution in [0, 0.1) is 5.41 Å². The molecular formula is C16H23ClN2O4S. The zero-order valence-electron chi connectivity index (χ0n) is 13.7. The molecular weight excluding hydrogens is 352 g/mol. The van der Waals surface area contributed by atoms with Crippen LogP contribution in [0.5, 0.6) is 5.75 Å². The molecule has 2 saturated heterocycles.